The lowest BCUT2D eigenvalue weighted by Crippen LogP contribution is -2.16. The topological polar surface area (TPSA) is 69.0 Å². The van der Waals surface area contributed by atoms with Gasteiger partial charge in [0.1, 0.15) is 0 Å². The van der Waals surface area contributed by atoms with Crippen LogP contribution in [0.15, 0.2) is 36.5 Å². The number of para-hydroxylation sites is 1. The lowest BCUT2D eigenvalue weighted by Gasteiger charge is -2.12. The van der Waals surface area contributed by atoms with Crippen molar-refractivity contribution in [3.8, 4) is 0 Å². The molecule has 6 heteroatoms. The Hall–Kier alpha value is -2.73. The zero-order chi connectivity index (χ0) is 18.0. The number of aromatic nitrogens is 3. The van der Waals surface area contributed by atoms with Gasteiger partial charge in [0.25, 0.3) is 5.91 Å². The van der Waals surface area contributed by atoms with Crippen LogP contribution in [0.25, 0.3) is 11.0 Å². The van der Waals surface area contributed by atoms with Gasteiger partial charge in [0, 0.05) is 29.8 Å². The van der Waals surface area contributed by atoms with Crippen LogP contribution in [0.3, 0.4) is 0 Å². The Kier molecular flexibility index (Phi) is 4.81. The van der Waals surface area contributed by atoms with Crippen molar-refractivity contribution >= 4 is 22.6 Å². The Morgan fingerprint density at radius 1 is 1.32 bits per heavy atom. The molecule has 0 radical (unpaired) electrons. The largest absolute Gasteiger partial charge is 0.380 e. The van der Waals surface area contributed by atoms with Crippen molar-refractivity contribution in [1.82, 2.24) is 14.8 Å². The van der Waals surface area contributed by atoms with Crippen LogP contribution in [-0.2, 0) is 11.3 Å². The van der Waals surface area contributed by atoms with Crippen LogP contribution in [0.1, 0.15) is 41.5 Å². The molecule has 3 aromatic rings. The lowest BCUT2D eigenvalue weighted by molar-refractivity contribution is 0.102. The van der Waals surface area contributed by atoms with Crippen molar-refractivity contribution in [2.45, 2.75) is 33.4 Å². The molecule has 0 saturated carbocycles. The van der Waals surface area contributed by atoms with E-state index in [1.165, 1.54) is 0 Å². The third kappa shape index (κ3) is 3.39. The number of carbonyl (C=O) groups excluding carboxylic acids is 1. The van der Waals surface area contributed by atoms with Crippen molar-refractivity contribution < 1.29 is 9.53 Å². The molecule has 1 aromatic carbocycles. The van der Waals surface area contributed by atoms with Gasteiger partial charge in [-0.2, -0.15) is 5.10 Å². The molecule has 0 saturated heterocycles. The summed E-state index contributed by atoms with van der Waals surface area (Å²) in [7, 11) is 1.63. The molecule has 2 aromatic heterocycles. The van der Waals surface area contributed by atoms with Gasteiger partial charge in [-0.1, -0.05) is 18.2 Å². The van der Waals surface area contributed by atoms with Crippen LogP contribution in [0.2, 0.25) is 0 Å². The fraction of sp³-hybridized carbons (Fsp3) is 0.316. The Morgan fingerprint density at radius 2 is 2.08 bits per heavy atom. The maximum Gasteiger partial charge on any atom is 0.257 e. The predicted octanol–water partition coefficient (Wildman–Crippen LogP) is 3.72. The Bertz CT molecular complexity index is 915. The number of nitrogens with zero attached hydrogens (tertiary/aromatic N) is 3. The standard InChI is InChI=1S/C19H22N4O2/c1-12(2)23-18-15(10-20-23)9-16(13(3)21-18)19(24)22-17-8-6-5-7-14(17)11-25-4/h5-10,12H,11H2,1-4H3,(H,22,24). The Balaban J connectivity index is 1.94. The summed E-state index contributed by atoms with van der Waals surface area (Å²) in [6.07, 6.45) is 1.75. The molecule has 25 heavy (non-hydrogen) atoms. The highest BCUT2D eigenvalue weighted by atomic mass is 16.5. The van der Waals surface area contributed by atoms with Crippen molar-refractivity contribution in [3.63, 3.8) is 0 Å². The number of aryl methyl sites for hydroxylation is 1. The summed E-state index contributed by atoms with van der Waals surface area (Å²) in [6, 6.07) is 9.66. The first-order valence-electron chi connectivity index (χ1n) is 8.24. The first-order chi connectivity index (χ1) is 12.0. The number of benzene rings is 1. The Morgan fingerprint density at radius 3 is 2.80 bits per heavy atom. The second kappa shape index (κ2) is 7.03. The Labute approximate surface area is 146 Å². The first kappa shape index (κ1) is 17.1. The number of carbonyl (C=O) groups is 1. The van der Waals surface area contributed by atoms with Gasteiger partial charge in [0.15, 0.2) is 5.65 Å². The number of hydrogen-bond acceptors (Lipinski definition) is 4. The van der Waals surface area contributed by atoms with E-state index >= 15 is 0 Å². The average Bonchev–Trinajstić information content (AvgIpc) is 2.99. The summed E-state index contributed by atoms with van der Waals surface area (Å²) in [4.78, 5) is 17.3. The number of rotatable bonds is 5. The van der Waals surface area contributed by atoms with E-state index < -0.39 is 0 Å². The number of hydrogen-bond donors (Lipinski definition) is 1. The molecule has 0 bridgehead atoms. The van der Waals surface area contributed by atoms with Gasteiger partial charge in [-0.3, -0.25) is 4.79 Å². The lowest BCUT2D eigenvalue weighted by atomic mass is 10.1. The number of methoxy groups -OCH3 is 1. The summed E-state index contributed by atoms with van der Waals surface area (Å²) >= 11 is 0. The smallest absolute Gasteiger partial charge is 0.257 e. The fourth-order valence-corrected chi connectivity index (χ4v) is 2.79. The maximum atomic E-state index is 12.8. The van der Waals surface area contributed by atoms with Crippen molar-refractivity contribution in [3.05, 3.63) is 53.3 Å². The summed E-state index contributed by atoms with van der Waals surface area (Å²) in [5.41, 5.74) is 3.69. The zero-order valence-electron chi connectivity index (χ0n) is 14.9. The van der Waals surface area contributed by atoms with Crippen LogP contribution in [-0.4, -0.2) is 27.8 Å². The van der Waals surface area contributed by atoms with E-state index in [0.29, 0.717) is 17.9 Å². The minimum absolute atomic E-state index is 0.187. The third-order valence-electron chi connectivity index (χ3n) is 4.06. The van der Waals surface area contributed by atoms with Crippen LogP contribution >= 0.6 is 0 Å². The average molecular weight is 338 g/mol. The van der Waals surface area contributed by atoms with Gasteiger partial charge < -0.3 is 10.1 Å². The van der Waals surface area contributed by atoms with Gasteiger partial charge in [0.2, 0.25) is 0 Å². The number of ether oxygens (including phenoxy) is 1. The van der Waals surface area contributed by atoms with E-state index in [9.17, 15) is 4.79 Å². The van der Waals surface area contributed by atoms with Crippen molar-refractivity contribution in [1.29, 1.82) is 0 Å². The van der Waals surface area contributed by atoms with Crippen LogP contribution in [0.4, 0.5) is 5.69 Å². The molecular formula is C19H22N4O2. The maximum absolute atomic E-state index is 12.8. The predicted molar refractivity (Wildman–Crippen MR) is 97.8 cm³/mol. The SMILES string of the molecule is COCc1ccccc1NC(=O)c1cc2cnn(C(C)C)c2nc1C. The highest BCUT2D eigenvalue weighted by Crippen LogP contribution is 2.21. The molecule has 1 amide bonds. The van der Waals surface area contributed by atoms with Crippen LogP contribution in [0.5, 0.6) is 0 Å². The first-order valence-corrected chi connectivity index (χ1v) is 8.24. The molecule has 2 heterocycles. The minimum Gasteiger partial charge on any atom is -0.380 e. The quantitative estimate of drug-likeness (QED) is 0.770. The molecular weight excluding hydrogens is 316 g/mol. The molecule has 0 aliphatic rings. The van der Waals surface area contributed by atoms with E-state index in [4.69, 9.17) is 4.74 Å². The molecule has 0 unspecified atom stereocenters. The van der Waals surface area contributed by atoms with Gasteiger partial charge in [-0.05, 0) is 32.9 Å². The van der Waals surface area contributed by atoms with Gasteiger partial charge >= 0.3 is 0 Å². The minimum atomic E-state index is -0.187. The number of amides is 1. The highest BCUT2D eigenvalue weighted by molar-refractivity contribution is 6.06. The van der Waals surface area contributed by atoms with E-state index in [0.717, 1.165) is 22.3 Å². The molecule has 0 fully saturated rings. The third-order valence-corrected chi connectivity index (χ3v) is 4.06. The van der Waals surface area contributed by atoms with E-state index in [2.05, 4.69) is 29.2 Å². The number of nitrogens with one attached hydrogen (secondary N) is 1. The molecule has 3 rings (SSSR count). The summed E-state index contributed by atoms with van der Waals surface area (Å²) in [6.45, 7) is 6.38. The molecule has 0 atom stereocenters. The molecule has 6 nitrogen and oxygen atoms in total. The number of fused-ring (bicyclic) bond motifs is 1. The molecule has 130 valence electrons. The van der Waals surface area contributed by atoms with E-state index in [1.807, 2.05) is 41.9 Å². The fourth-order valence-electron chi connectivity index (χ4n) is 2.79. The molecule has 0 aliphatic heterocycles. The summed E-state index contributed by atoms with van der Waals surface area (Å²) in [5, 5.41) is 8.18. The number of pyridine rings is 1. The van der Waals surface area contributed by atoms with Crippen LogP contribution < -0.4 is 5.32 Å². The summed E-state index contributed by atoms with van der Waals surface area (Å²) in [5.74, 6) is -0.187. The highest BCUT2D eigenvalue weighted by Gasteiger charge is 2.16. The molecule has 1 N–H and O–H groups in total. The van der Waals surface area contributed by atoms with Gasteiger partial charge in [-0.15, -0.1) is 0 Å². The van der Waals surface area contributed by atoms with Crippen molar-refractivity contribution in [2.24, 2.45) is 0 Å². The van der Waals surface area contributed by atoms with Gasteiger partial charge in [-0.25, -0.2) is 9.67 Å². The molecule has 0 spiro atoms. The second-order valence-corrected chi connectivity index (χ2v) is 6.26. The van der Waals surface area contributed by atoms with Gasteiger partial charge in [0.05, 0.1) is 24.1 Å². The zero-order valence-corrected chi connectivity index (χ0v) is 14.9. The van der Waals surface area contributed by atoms with E-state index in [1.54, 1.807) is 13.3 Å². The second-order valence-electron chi connectivity index (χ2n) is 6.26. The van der Waals surface area contributed by atoms with Crippen molar-refractivity contribution in [2.75, 3.05) is 12.4 Å². The number of anilines is 1. The summed E-state index contributed by atoms with van der Waals surface area (Å²) < 4.78 is 7.05. The monoisotopic (exact) mass is 338 g/mol. The van der Waals surface area contributed by atoms with E-state index in [-0.39, 0.29) is 11.9 Å². The van der Waals surface area contributed by atoms with Crippen LogP contribution in [0, 0.1) is 6.92 Å². The molecule has 0 aliphatic carbocycles. The normalized spacial score (nSPS) is 11.2.